The van der Waals surface area contributed by atoms with Gasteiger partial charge in [-0.2, -0.15) is 0 Å². The number of Topliss-reactive ketones (excluding diaryl/α,β-unsaturated/α-hetero) is 1. The molecule has 28 heavy (non-hydrogen) atoms. The van der Waals surface area contributed by atoms with Gasteiger partial charge in [-0.1, -0.05) is 44.2 Å². The molecule has 1 aliphatic rings. The van der Waals surface area contributed by atoms with Crippen LogP contribution in [0.2, 0.25) is 0 Å². The first kappa shape index (κ1) is 17.9. The second kappa shape index (κ2) is 6.60. The zero-order chi connectivity index (χ0) is 19.9. The number of ketones is 1. The lowest BCUT2D eigenvalue weighted by molar-refractivity contribution is -0.385. The van der Waals surface area contributed by atoms with Crippen molar-refractivity contribution in [1.29, 1.82) is 0 Å². The topological polar surface area (TPSA) is 98.3 Å². The van der Waals surface area contributed by atoms with Gasteiger partial charge in [0.05, 0.1) is 16.2 Å². The van der Waals surface area contributed by atoms with Gasteiger partial charge in [0.1, 0.15) is 17.8 Å². The van der Waals surface area contributed by atoms with E-state index >= 15 is 0 Å². The number of carbonyl (C=O) groups excluding carboxylic acids is 1. The largest absolute Gasteiger partial charge is 0.458 e. The van der Waals surface area contributed by atoms with Gasteiger partial charge >= 0.3 is 0 Å². The molecule has 4 rings (SSSR count). The number of hydrogen-bond acceptors (Lipinski definition) is 6. The van der Waals surface area contributed by atoms with Crippen molar-refractivity contribution in [2.45, 2.75) is 26.7 Å². The minimum atomic E-state index is -0.502. The Kier molecular flexibility index (Phi) is 4.22. The van der Waals surface area contributed by atoms with E-state index in [9.17, 15) is 14.9 Å². The Hall–Kier alpha value is -3.48. The van der Waals surface area contributed by atoms with Crippen LogP contribution >= 0.6 is 0 Å². The summed E-state index contributed by atoms with van der Waals surface area (Å²) in [6.07, 6.45) is 2.27. The molecule has 0 saturated heterocycles. The molecule has 0 atom stereocenters. The SMILES string of the molecule is CC1(C)CC(=O)c2c(oc(-c3ccccc3)c2Nc2ccc([N+](=O)[O-])cn2)C1. The maximum absolute atomic E-state index is 12.9. The van der Waals surface area contributed by atoms with E-state index in [0.717, 1.165) is 5.56 Å². The number of carbonyl (C=O) groups is 1. The number of rotatable bonds is 4. The molecule has 1 aromatic carbocycles. The smallest absolute Gasteiger partial charge is 0.287 e. The summed E-state index contributed by atoms with van der Waals surface area (Å²) < 4.78 is 6.14. The number of nitro groups is 1. The number of hydrogen-bond donors (Lipinski definition) is 1. The van der Waals surface area contributed by atoms with Crippen molar-refractivity contribution in [3.05, 3.63) is 70.1 Å². The predicted molar refractivity (Wildman–Crippen MR) is 105 cm³/mol. The summed E-state index contributed by atoms with van der Waals surface area (Å²) in [5, 5.41) is 14.0. The quantitative estimate of drug-likeness (QED) is 0.499. The van der Waals surface area contributed by atoms with Crippen molar-refractivity contribution in [3.8, 4) is 11.3 Å². The molecule has 2 heterocycles. The molecule has 1 aliphatic carbocycles. The number of benzene rings is 1. The summed E-state index contributed by atoms with van der Waals surface area (Å²) in [5.41, 5.74) is 1.67. The van der Waals surface area contributed by atoms with Crippen LogP contribution in [-0.4, -0.2) is 15.7 Å². The first-order valence-corrected chi connectivity index (χ1v) is 8.96. The van der Waals surface area contributed by atoms with Crippen LogP contribution in [0.15, 0.2) is 53.1 Å². The Morgan fingerprint density at radius 3 is 2.54 bits per heavy atom. The van der Waals surface area contributed by atoms with Crippen molar-refractivity contribution in [3.63, 3.8) is 0 Å². The van der Waals surface area contributed by atoms with Crippen LogP contribution in [0.25, 0.3) is 11.3 Å². The average Bonchev–Trinajstić information content (AvgIpc) is 3.00. The van der Waals surface area contributed by atoms with Gasteiger partial charge < -0.3 is 9.73 Å². The van der Waals surface area contributed by atoms with Crippen molar-refractivity contribution in [2.75, 3.05) is 5.32 Å². The van der Waals surface area contributed by atoms with Crippen molar-refractivity contribution in [1.82, 2.24) is 4.98 Å². The lowest BCUT2D eigenvalue weighted by atomic mass is 9.76. The van der Waals surface area contributed by atoms with Gasteiger partial charge in [-0.3, -0.25) is 14.9 Å². The first-order chi connectivity index (χ1) is 13.3. The molecular formula is C21H19N3O4. The van der Waals surface area contributed by atoms with Crippen LogP contribution in [0.3, 0.4) is 0 Å². The molecule has 7 heteroatoms. The van der Waals surface area contributed by atoms with Crippen LogP contribution < -0.4 is 5.32 Å². The summed E-state index contributed by atoms with van der Waals surface area (Å²) in [4.78, 5) is 27.3. The monoisotopic (exact) mass is 377 g/mol. The molecule has 0 unspecified atom stereocenters. The lowest BCUT2D eigenvalue weighted by Gasteiger charge is -2.27. The molecule has 0 amide bonds. The fraction of sp³-hybridized carbons (Fsp3) is 0.238. The van der Waals surface area contributed by atoms with Gasteiger partial charge in [0.25, 0.3) is 5.69 Å². The zero-order valence-corrected chi connectivity index (χ0v) is 15.6. The minimum absolute atomic E-state index is 0.0154. The van der Waals surface area contributed by atoms with Crippen LogP contribution in [0.4, 0.5) is 17.2 Å². The van der Waals surface area contributed by atoms with Gasteiger partial charge in [0.2, 0.25) is 0 Å². The highest BCUT2D eigenvalue weighted by Crippen LogP contribution is 2.45. The van der Waals surface area contributed by atoms with Crippen molar-refractivity contribution in [2.24, 2.45) is 5.41 Å². The van der Waals surface area contributed by atoms with E-state index in [1.807, 2.05) is 44.2 Å². The normalized spacial score (nSPS) is 15.1. The highest BCUT2D eigenvalue weighted by molar-refractivity contribution is 6.06. The molecule has 0 fully saturated rings. The lowest BCUT2D eigenvalue weighted by Crippen LogP contribution is -2.26. The molecule has 7 nitrogen and oxygen atoms in total. The second-order valence-electron chi connectivity index (χ2n) is 7.70. The number of aromatic nitrogens is 1. The standard InChI is InChI=1S/C21H19N3O4/c1-21(2)10-15(25)18-16(11-21)28-20(13-6-4-3-5-7-13)19(18)23-17-9-8-14(12-22-17)24(26)27/h3-9,12H,10-11H2,1-2H3,(H,22,23). The van der Waals surface area contributed by atoms with Crippen molar-refractivity contribution >= 4 is 23.0 Å². The third-order valence-electron chi connectivity index (χ3n) is 4.79. The summed E-state index contributed by atoms with van der Waals surface area (Å²) >= 11 is 0. The van der Waals surface area contributed by atoms with Crippen LogP contribution in [0.5, 0.6) is 0 Å². The molecule has 0 bridgehead atoms. The summed E-state index contributed by atoms with van der Waals surface area (Å²) in [7, 11) is 0. The van der Waals surface area contributed by atoms with Crippen LogP contribution in [0.1, 0.15) is 36.4 Å². The van der Waals surface area contributed by atoms with Gasteiger partial charge in [0.15, 0.2) is 11.5 Å². The molecule has 3 aromatic rings. The maximum Gasteiger partial charge on any atom is 0.287 e. The minimum Gasteiger partial charge on any atom is -0.458 e. The van der Waals surface area contributed by atoms with Gasteiger partial charge in [-0.25, -0.2) is 4.98 Å². The number of nitrogens with one attached hydrogen (secondary N) is 1. The van der Waals surface area contributed by atoms with Crippen molar-refractivity contribution < 1.29 is 14.1 Å². The Labute approximate surface area is 161 Å². The molecular weight excluding hydrogens is 358 g/mol. The Balaban J connectivity index is 1.81. The Morgan fingerprint density at radius 2 is 1.89 bits per heavy atom. The first-order valence-electron chi connectivity index (χ1n) is 8.96. The summed E-state index contributed by atoms with van der Waals surface area (Å²) in [6.45, 7) is 4.09. The predicted octanol–water partition coefficient (Wildman–Crippen LogP) is 5.15. The fourth-order valence-electron chi connectivity index (χ4n) is 3.53. The summed E-state index contributed by atoms with van der Waals surface area (Å²) in [6, 6.07) is 12.4. The molecule has 2 aromatic heterocycles. The van der Waals surface area contributed by atoms with Crippen LogP contribution in [-0.2, 0) is 6.42 Å². The number of furan rings is 1. The van der Waals surface area contributed by atoms with Gasteiger partial charge in [0, 0.05) is 24.5 Å². The van der Waals surface area contributed by atoms with Gasteiger partial charge in [-0.05, 0) is 11.5 Å². The zero-order valence-electron chi connectivity index (χ0n) is 15.6. The number of nitrogens with zero attached hydrogens (tertiary/aromatic N) is 2. The molecule has 1 N–H and O–H groups in total. The highest BCUT2D eigenvalue weighted by Gasteiger charge is 2.37. The molecule has 0 spiro atoms. The van der Waals surface area contributed by atoms with E-state index in [1.54, 1.807) is 0 Å². The van der Waals surface area contributed by atoms with E-state index in [-0.39, 0.29) is 16.9 Å². The van der Waals surface area contributed by atoms with E-state index in [0.29, 0.717) is 41.4 Å². The van der Waals surface area contributed by atoms with E-state index in [1.165, 1.54) is 18.3 Å². The number of anilines is 2. The fourth-order valence-corrected chi connectivity index (χ4v) is 3.53. The Morgan fingerprint density at radius 1 is 1.14 bits per heavy atom. The van der Waals surface area contributed by atoms with E-state index in [2.05, 4.69) is 10.3 Å². The molecule has 0 radical (unpaired) electrons. The highest BCUT2D eigenvalue weighted by atomic mass is 16.6. The average molecular weight is 377 g/mol. The molecule has 142 valence electrons. The number of pyridine rings is 1. The van der Waals surface area contributed by atoms with E-state index < -0.39 is 4.92 Å². The number of fused-ring (bicyclic) bond motifs is 1. The van der Waals surface area contributed by atoms with E-state index in [4.69, 9.17) is 4.42 Å². The third-order valence-corrected chi connectivity index (χ3v) is 4.79. The summed E-state index contributed by atoms with van der Waals surface area (Å²) in [5.74, 6) is 1.65. The molecule has 0 aliphatic heterocycles. The molecule has 0 saturated carbocycles. The maximum atomic E-state index is 12.9. The Bertz CT molecular complexity index is 1050. The third kappa shape index (κ3) is 3.26. The van der Waals surface area contributed by atoms with Gasteiger partial charge in [-0.15, -0.1) is 0 Å². The second-order valence-corrected chi connectivity index (χ2v) is 7.70. The van der Waals surface area contributed by atoms with Crippen LogP contribution in [0, 0.1) is 15.5 Å².